The second kappa shape index (κ2) is 3.48. The number of nitrogen functional groups attached to an aromatic ring is 1. The van der Waals surface area contributed by atoms with Crippen LogP contribution >= 0.6 is 0 Å². The van der Waals surface area contributed by atoms with Crippen molar-refractivity contribution in [2.45, 2.75) is 25.2 Å². The molecular weight excluding hydrogens is 230 g/mol. The van der Waals surface area contributed by atoms with E-state index in [1.54, 1.807) is 12.1 Å². The predicted molar refractivity (Wildman–Crippen MR) is 68.4 cm³/mol. The number of rotatable bonds is 2. The number of H-pyrrole nitrogens is 1. The summed E-state index contributed by atoms with van der Waals surface area (Å²) >= 11 is 0. The van der Waals surface area contributed by atoms with E-state index < -0.39 is 5.97 Å². The van der Waals surface area contributed by atoms with Gasteiger partial charge >= 0.3 is 5.97 Å². The number of nitrogens with two attached hydrogens (primary N) is 1. The first-order chi connectivity index (χ1) is 8.53. The molecule has 0 saturated heterocycles. The number of carbonyl (C=O) groups is 1. The van der Waals surface area contributed by atoms with Gasteiger partial charge in [-0.2, -0.15) is 0 Å². The summed E-state index contributed by atoms with van der Waals surface area (Å²) < 4.78 is 4.76. The molecule has 1 aliphatic rings. The van der Waals surface area contributed by atoms with Crippen LogP contribution in [-0.2, 0) is 10.2 Å². The van der Waals surface area contributed by atoms with Gasteiger partial charge in [0.05, 0.1) is 18.2 Å². The Morgan fingerprint density at radius 3 is 2.83 bits per heavy atom. The molecule has 0 bridgehead atoms. The molecule has 0 aliphatic heterocycles. The molecule has 0 unspecified atom stereocenters. The Morgan fingerprint density at radius 2 is 2.22 bits per heavy atom. The number of hydrogen-bond donors (Lipinski definition) is 2. The molecule has 0 amide bonds. The maximum Gasteiger partial charge on any atom is 0.340 e. The number of aromatic nitrogens is 2. The Kier molecular flexibility index (Phi) is 2.14. The molecule has 3 N–H and O–H groups in total. The number of nitrogens with zero attached hydrogens (tertiary/aromatic N) is 1. The van der Waals surface area contributed by atoms with Crippen molar-refractivity contribution in [3.63, 3.8) is 0 Å². The summed E-state index contributed by atoms with van der Waals surface area (Å²) in [5.74, 6) is 0.513. The molecule has 5 nitrogen and oxygen atoms in total. The molecule has 3 rings (SSSR count). The van der Waals surface area contributed by atoms with Crippen molar-refractivity contribution in [2.75, 3.05) is 12.8 Å². The molecule has 18 heavy (non-hydrogen) atoms. The highest BCUT2D eigenvalue weighted by Gasteiger charge is 2.42. The van der Waals surface area contributed by atoms with Crippen molar-refractivity contribution in [1.29, 1.82) is 0 Å². The number of carbonyl (C=O) groups excluding carboxylic acids is 1. The fourth-order valence-corrected chi connectivity index (χ4v) is 2.12. The number of hydrogen-bond acceptors (Lipinski definition) is 4. The van der Waals surface area contributed by atoms with Gasteiger partial charge in [0.25, 0.3) is 0 Å². The lowest BCUT2D eigenvalue weighted by Gasteiger charge is -2.01. The van der Waals surface area contributed by atoms with Crippen molar-refractivity contribution >= 4 is 22.7 Å². The van der Waals surface area contributed by atoms with Gasteiger partial charge in [0.1, 0.15) is 11.3 Å². The first-order valence-corrected chi connectivity index (χ1v) is 5.91. The third-order valence-corrected chi connectivity index (χ3v) is 3.59. The lowest BCUT2D eigenvalue weighted by atomic mass is 10.1. The lowest BCUT2D eigenvalue weighted by molar-refractivity contribution is 0.0603. The molecule has 1 saturated carbocycles. The zero-order chi connectivity index (χ0) is 12.9. The lowest BCUT2D eigenvalue weighted by Crippen LogP contribution is -2.04. The zero-order valence-electron chi connectivity index (χ0n) is 10.4. The molecule has 0 atom stereocenters. The topological polar surface area (TPSA) is 81.0 Å². The number of methoxy groups -OCH3 is 1. The normalized spacial score (nSPS) is 16.8. The van der Waals surface area contributed by atoms with Crippen LogP contribution in [0.5, 0.6) is 0 Å². The van der Waals surface area contributed by atoms with Crippen molar-refractivity contribution in [2.24, 2.45) is 0 Å². The van der Waals surface area contributed by atoms with E-state index in [2.05, 4.69) is 16.9 Å². The van der Waals surface area contributed by atoms with Gasteiger partial charge in [-0.1, -0.05) is 6.92 Å². The van der Waals surface area contributed by atoms with Crippen LogP contribution in [0.25, 0.3) is 11.0 Å². The number of aromatic amines is 1. The van der Waals surface area contributed by atoms with Gasteiger partial charge < -0.3 is 15.5 Å². The van der Waals surface area contributed by atoms with E-state index in [1.807, 2.05) is 0 Å². The number of nitrogens with one attached hydrogen (secondary N) is 1. The minimum Gasteiger partial charge on any atom is -0.465 e. The number of benzene rings is 1. The standard InChI is InChI=1S/C13H15N3O2/c1-13(3-4-13)12-15-9-6-7(14)5-8(10(9)16-12)11(17)18-2/h5-6H,3-4,14H2,1-2H3,(H,15,16). The summed E-state index contributed by atoms with van der Waals surface area (Å²) in [5.41, 5.74) is 8.29. The highest BCUT2D eigenvalue weighted by Crippen LogP contribution is 2.46. The summed E-state index contributed by atoms with van der Waals surface area (Å²) in [4.78, 5) is 19.5. The summed E-state index contributed by atoms with van der Waals surface area (Å²) in [6.45, 7) is 2.16. The Bertz CT molecular complexity index is 641. The summed E-state index contributed by atoms with van der Waals surface area (Å²) in [7, 11) is 1.35. The molecule has 1 aromatic carbocycles. The monoisotopic (exact) mass is 245 g/mol. The molecule has 0 radical (unpaired) electrons. The van der Waals surface area contributed by atoms with E-state index in [9.17, 15) is 4.79 Å². The van der Waals surface area contributed by atoms with Gasteiger partial charge in [0.2, 0.25) is 0 Å². The van der Waals surface area contributed by atoms with E-state index in [4.69, 9.17) is 10.5 Å². The van der Waals surface area contributed by atoms with Gasteiger partial charge in [-0.05, 0) is 25.0 Å². The highest BCUT2D eigenvalue weighted by atomic mass is 16.5. The van der Waals surface area contributed by atoms with Gasteiger partial charge in [0.15, 0.2) is 0 Å². The number of fused-ring (bicyclic) bond motifs is 1. The highest BCUT2D eigenvalue weighted by molar-refractivity contribution is 6.03. The second-order valence-electron chi connectivity index (χ2n) is 5.10. The van der Waals surface area contributed by atoms with E-state index in [-0.39, 0.29) is 5.41 Å². The van der Waals surface area contributed by atoms with Crippen LogP contribution in [0.2, 0.25) is 0 Å². The SMILES string of the molecule is COC(=O)c1cc(N)cc2[nH]c(C3(C)CC3)nc12. The van der Waals surface area contributed by atoms with Crippen LogP contribution < -0.4 is 5.73 Å². The van der Waals surface area contributed by atoms with Crippen LogP contribution in [0.1, 0.15) is 35.9 Å². The van der Waals surface area contributed by atoms with Crippen LogP contribution in [0.15, 0.2) is 12.1 Å². The van der Waals surface area contributed by atoms with E-state index >= 15 is 0 Å². The minimum absolute atomic E-state index is 0.126. The largest absolute Gasteiger partial charge is 0.465 e. The number of ether oxygens (including phenoxy) is 1. The Balaban J connectivity index is 2.22. The smallest absolute Gasteiger partial charge is 0.340 e. The van der Waals surface area contributed by atoms with Gasteiger partial charge in [-0.3, -0.25) is 0 Å². The van der Waals surface area contributed by atoms with Crippen LogP contribution in [0, 0.1) is 0 Å². The fourth-order valence-electron chi connectivity index (χ4n) is 2.12. The summed E-state index contributed by atoms with van der Waals surface area (Å²) in [6, 6.07) is 3.40. The van der Waals surface area contributed by atoms with Crippen molar-refractivity contribution in [3.05, 3.63) is 23.5 Å². The molecule has 5 heteroatoms. The third-order valence-electron chi connectivity index (χ3n) is 3.59. The van der Waals surface area contributed by atoms with E-state index in [1.165, 1.54) is 7.11 Å². The Labute approximate surface area is 104 Å². The minimum atomic E-state index is -0.411. The molecule has 94 valence electrons. The number of esters is 1. The van der Waals surface area contributed by atoms with Gasteiger partial charge in [-0.15, -0.1) is 0 Å². The maximum absolute atomic E-state index is 11.7. The molecule has 1 heterocycles. The fraction of sp³-hybridized carbons (Fsp3) is 0.385. The van der Waals surface area contributed by atoms with Gasteiger partial charge in [0, 0.05) is 11.1 Å². The molecule has 1 aliphatic carbocycles. The average molecular weight is 245 g/mol. The van der Waals surface area contributed by atoms with Crippen molar-refractivity contribution in [3.8, 4) is 0 Å². The van der Waals surface area contributed by atoms with Gasteiger partial charge in [-0.25, -0.2) is 9.78 Å². The van der Waals surface area contributed by atoms with Crippen molar-refractivity contribution < 1.29 is 9.53 Å². The number of anilines is 1. The van der Waals surface area contributed by atoms with Crippen molar-refractivity contribution in [1.82, 2.24) is 9.97 Å². The van der Waals surface area contributed by atoms with Crippen LogP contribution in [-0.4, -0.2) is 23.0 Å². The molecular formula is C13H15N3O2. The zero-order valence-corrected chi connectivity index (χ0v) is 10.4. The number of imidazole rings is 1. The molecule has 1 aromatic heterocycles. The molecule has 0 spiro atoms. The second-order valence-corrected chi connectivity index (χ2v) is 5.10. The molecule has 1 fully saturated rings. The average Bonchev–Trinajstić information content (AvgIpc) is 2.94. The maximum atomic E-state index is 11.7. The summed E-state index contributed by atoms with van der Waals surface area (Å²) in [6.07, 6.45) is 2.24. The van der Waals surface area contributed by atoms with Crippen LogP contribution in [0.4, 0.5) is 5.69 Å². The third kappa shape index (κ3) is 1.54. The molecule has 2 aromatic rings. The predicted octanol–water partition coefficient (Wildman–Crippen LogP) is 1.98. The Morgan fingerprint density at radius 1 is 1.50 bits per heavy atom. The Hall–Kier alpha value is -2.04. The first kappa shape index (κ1) is 11.1. The van der Waals surface area contributed by atoms with E-state index in [0.717, 1.165) is 24.2 Å². The van der Waals surface area contributed by atoms with Crippen LogP contribution in [0.3, 0.4) is 0 Å². The van der Waals surface area contributed by atoms with E-state index in [0.29, 0.717) is 16.8 Å². The quantitative estimate of drug-likeness (QED) is 0.626. The first-order valence-electron chi connectivity index (χ1n) is 5.91. The summed E-state index contributed by atoms with van der Waals surface area (Å²) in [5, 5.41) is 0.